The first kappa shape index (κ1) is 12.7. The second-order valence-corrected chi connectivity index (χ2v) is 4.67. The van der Waals surface area contributed by atoms with Gasteiger partial charge in [-0.05, 0) is 13.1 Å². The first-order valence-corrected chi connectivity index (χ1v) is 6.53. The van der Waals surface area contributed by atoms with E-state index in [2.05, 4.69) is 16.5 Å². The number of furan rings is 1. The summed E-state index contributed by atoms with van der Waals surface area (Å²) in [6, 6.07) is 8.01. The Kier molecular flexibility index (Phi) is 3.43. The topological polar surface area (TPSA) is 52.2 Å². The Labute approximate surface area is 117 Å². The van der Waals surface area contributed by atoms with Gasteiger partial charge in [0.25, 0.3) is 0 Å². The number of nitrogens with zero attached hydrogens (tertiary/aromatic N) is 2. The monoisotopic (exact) mass is 271 g/mol. The van der Waals surface area contributed by atoms with Crippen LogP contribution in [0.3, 0.4) is 0 Å². The van der Waals surface area contributed by atoms with E-state index < -0.39 is 0 Å². The van der Waals surface area contributed by atoms with Crippen LogP contribution in [0, 0.1) is 0 Å². The third kappa shape index (κ3) is 2.40. The third-order valence-electron chi connectivity index (χ3n) is 3.18. The number of hydrogen-bond donors (Lipinski definition) is 1. The zero-order valence-corrected chi connectivity index (χ0v) is 11.6. The zero-order valence-electron chi connectivity index (χ0n) is 11.6. The van der Waals surface area contributed by atoms with Gasteiger partial charge in [-0.15, -0.1) is 0 Å². The van der Waals surface area contributed by atoms with E-state index in [1.165, 1.54) is 0 Å². The molecule has 0 spiro atoms. The van der Waals surface area contributed by atoms with Gasteiger partial charge in [0.05, 0.1) is 18.9 Å². The summed E-state index contributed by atoms with van der Waals surface area (Å²) in [6.07, 6.45) is 3.56. The lowest BCUT2D eigenvalue weighted by Gasteiger charge is -2.04. The fourth-order valence-corrected chi connectivity index (χ4v) is 2.24. The van der Waals surface area contributed by atoms with E-state index in [0.29, 0.717) is 13.2 Å². The lowest BCUT2D eigenvalue weighted by molar-refractivity contribution is 0.302. The highest BCUT2D eigenvalue weighted by molar-refractivity contribution is 5.82. The van der Waals surface area contributed by atoms with Crippen LogP contribution in [0.1, 0.15) is 11.3 Å². The number of benzene rings is 1. The van der Waals surface area contributed by atoms with Gasteiger partial charge in [-0.2, -0.15) is 5.10 Å². The van der Waals surface area contributed by atoms with Gasteiger partial charge in [0.15, 0.2) is 5.75 Å². The third-order valence-corrected chi connectivity index (χ3v) is 3.18. The summed E-state index contributed by atoms with van der Waals surface area (Å²) in [5.74, 6) is 1.67. The highest BCUT2D eigenvalue weighted by Crippen LogP contribution is 2.27. The molecule has 5 nitrogen and oxygen atoms in total. The summed E-state index contributed by atoms with van der Waals surface area (Å²) in [5.41, 5.74) is 1.97. The van der Waals surface area contributed by atoms with Crippen LogP contribution in [-0.4, -0.2) is 16.8 Å². The molecule has 0 aliphatic rings. The van der Waals surface area contributed by atoms with Crippen molar-refractivity contribution in [1.29, 1.82) is 0 Å². The quantitative estimate of drug-likeness (QED) is 0.774. The Morgan fingerprint density at radius 1 is 1.35 bits per heavy atom. The highest BCUT2D eigenvalue weighted by Gasteiger charge is 2.14. The lowest BCUT2D eigenvalue weighted by Crippen LogP contribution is -2.07. The Morgan fingerprint density at radius 3 is 2.95 bits per heavy atom. The standard InChI is InChI=1S/C15H17N3O2/c1-16-8-15-13(10-19-11-7-17-18(2)9-11)12-5-3-4-6-14(12)20-15/h3-7,9,16H,8,10H2,1-2H3. The van der Waals surface area contributed by atoms with Crippen LogP contribution in [0.5, 0.6) is 5.75 Å². The van der Waals surface area contributed by atoms with Gasteiger partial charge in [0.2, 0.25) is 0 Å². The summed E-state index contributed by atoms with van der Waals surface area (Å²) < 4.78 is 13.4. The van der Waals surface area contributed by atoms with E-state index in [0.717, 1.165) is 28.0 Å². The molecule has 3 aromatic rings. The van der Waals surface area contributed by atoms with Crippen molar-refractivity contribution in [1.82, 2.24) is 15.1 Å². The normalized spacial score (nSPS) is 11.1. The number of aryl methyl sites for hydroxylation is 1. The molecule has 0 unspecified atom stereocenters. The maximum Gasteiger partial charge on any atom is 0.157 e. The van der Waals surface area contributed by atoms with E-state index in [9.17, 15) is 0 Å². The van der Waals surface area contributed by atoms with Crippen molar-refractivity contribution >= 4 is 11.0 Å². The van der Waals surface area contributed by atoms with Crippen molar-refractivity contribution < 1.29 is 9.15 Å². The zero-order chi connectivity index (χ0) is 13.9. The molecule has 0 aliphatic heterocycles. The predicted molar refractivity (Wildman–Crippen MR) is 76.5 cm³/mol. The fourth-order valence-electron chi connectivity index (χ4n) is 2.24. The molecule has 0 aliphatic carbocycles. The molecule has 0 amide bonds. The fraction of sp³-hybridized carbons (Fsp3) is 0.267. The van der Waals surface area contributed by atoms with Crippen LogP contribution in [0.2, 0.25) is 0 Å². The molecule has 5 heteroatoms. The molecule has 0 atom stereocenters. The summed E-state index contributed by atoms with van der Waals surface area (Å²) >= 11 is 0. The number of para-hydroxylation sites is 1. The van der Waals surface area contributed by atoms with E-state index in [4.69, 9.17) is 9.15 Å². The molecule has 0 saturated heterocycles. The number of nitrogens with one attached hydrogen (secondary N) is 1. The summed E-state index contributed by atoms with van der Waals surface area (Å²) in [7, 11) is 3.77. The van der Waals surface area contributed by atoms with Crippen molar-refractivity contribution in [3.8, 4) is 5.75 Å². The lowest BCUT2D eigenvalue weighted by atomic mass is 10.1. The van der Waals surface area contributed by atoms with Gasteiger partial charge in [-0.3, -0.25) is 4.68 Å². The van der Waals surface area contributed by atoms with Crippen molar-refractivity contribution in [3.63, 3.8) is 0 Å². The molecule has 0 saturated carbocycles. The Hall–Kier alpha value is -2.27. The van der Waals surface area contributed by atoms with Gasteiger partial charge in [-0.1, -0.05) is 18.2 Å². The second-order valence-electron chi connectivity index (χ2n) is 4.67. The summed E-state index contributed by atoms with van der Waals surface area (Å²) in [4.78, 5) is 0. The Bertz CT molecular complexity index is 715. The van der Waals surface area contributed by atoms with E-state index in [-0.39, 0.29) is 0 Å². The predicted octanol–water partition coefficient (Wildman–Crippen LogP) is 2.46. The number of hydrogen-bond acceptors (Lipinski definition) is 4. The molecule has 20 heavy (non-hydrogen) atoms. The van der Waals surface area contributed by atoms with Gasteiger partial charge in [-0.25, -0.2) is 0 Å². The maximum absolute atomic E-state index is 5.87. The summed E-state index contributed by atoms with van der Waals surface area (Å²) in [5, 5.41) is 8.31. The number of aromatic nitrogens is 2. The average molecular weight is 271 g/mol. The maximum atomic E-state index is 5.87. The molecule has 1 N–H and O–H groups in total. The van der Waals surface area contributed by atoms with Gasteiger partial charge >= 0.3 is 0 Å². The molecular weight excluding hydrogens is 254 g/mol. The molecule has 0 fully saturated rings. The van der Waals surface area contributed by atoms with Crippen LogP contribution in [0.25, 0.3) is 11.0 Å². The average Bonchev–Trinajstić information content (AvgIpc) is 3.00. The van der Waals surface area contributed by atoms with Crippen LogP contribution in [0.4, 0.5) is 0 Å². The number of fused-ring (bicyclic) bond motifs is 1. The van der Waals surface area contributed by atoms with Crippen molar-refractivity contribution in [2.45, 2.75) is 13.2 Å². The van der Waals surface area contributed by atoms with Crippen LogP contribution >= 0.6 is 0 Å². The molecule has 3 rings (SSSR count). The van der Waals surface area contributed by atoms with Gasteiger partial charge < -0.3 is 14.5 Å². The molecule has 104 valence electrons. The first-order chi connectivity index (χ1) is 9.78. The molecule has 2 heterocycles. The van der Waals surface area contributed by atoms with Crippen LogP contribution in [0.15, 0.2) is 41.1 Å². The van der Waals surface area contributed by atoms with Crippen LogP contribution in [-0.2, 0) is 20.2 Å². The molecule has 0 radical (unpaired) electrons. The Balaban J connectivity index is 1.90. The first-order valence-electron chi connectivity index (χ1n) is 6.53. The van der Waals surface area contributed by atoms with E-state index in [1.807, 2.05) is 38.5 Å². The van der Waals surface area contributed by atoms with Gasteiger partial charge in [0.1, 0.15) is 18.0 Å². The SMILES string of the molecule is CNCc1oc2ccccc2c1COc1cnn(C)c1. The smallest absolute Gasteiger partial charge is 0.157 e. The minimum absolute atomic E-state index is 0.472. The molecule has 2 aromatic heterocycles. The van der Waals surface area contributed by atoms with Gasteiger partial charge in [0, 0.05) is 18.0 Å². The summed E-state index contributed by atoms with van der Waals surface area (Å²) in [6.45, 7) is 1.15. The molecular formula is C15H17N3O2. The van der Waals surface area contributed by atoms with Crippen LogP contribution < -0.4 is 10.1 Å². The van der Waals surface area contributed by atoms with E-state index in [1.54, 1.807) is 10.9 Å². The van der Waals surface area contributed by atoms with Crippen molar-refractivity contribution in [2.75, 3.05) is 7.05 Å². The Morgan fingerprint density at radius 2 is 2.20 bits per heavy atom. The largest absolute Gasteiger partial charge is 0.485 e. The van der Waals surface area contributed by atoms with Crippen molar-refractivity contribution in [3.05, 3.63) is 48.0 Å². The highest BCUT2D eigenvalue weighted by atomic mass is 16.5. The van der Waals surface area contributed by atoms with E-state index >= 15 is 0 Å². The minimum atomic E-state index is 0.472. The molecule has 1 aromatic carbocycles. The number of rotatable bonds is 5. The molecule has 0 bridgehead atoms. The second kappa shape index (κ2) is 5.38. The minimum Gasteiger partial charge on any atom is -0.485 e. The van der Waals surface area contributed by atoms with Crippen molar-refractivity contribution in [2.24, 2.45) is 7.05 Å². The number of ether oxygens (including phenoxy) is 1.